The molecule has 1 aliphatic rings. The number of rotatable bonds is 9. The molecular weight excluding hydrogens is 524 g/mol. The van der Waals surface area contributed by atoms with Crippen LogP contribution in [0.15, 0.2) is 103 Å². The minimum atomic E-state index is 0.245. The number of fused-ring (bicyclic) bond motifs is 1. The maximum Gasteiger partial charge on any atom is 0.119 e. The zero-order valence-corrected chi connectivity index (χ0v) is 23.6. The van der Waals surface area contributed by atoms with E-state index in [4.69, 9.17) is 4.74 Å². The number of ether oxygens (including phenoxy) is 1. The Morgan fingerprint density at radius 2 is 1.31 bits per heavy atom. The summed E-state index contributed by atoms with van der Waals surface area (Å²) >= 11 is 0. The van der Waals surface area contributed by atoms with Gasteiger partial charge in [0, 0.05) is 38.4 Å². The van der Waals surface area contributed by atoms with Gasteiger partial charge in [0.1, 0.15) is 23.0 Å². The zero-order valence-electron chi connectivity index (χ0n) is 23.6. The van der Waals surface area contributed by atoms with Crippen LogP contribution < -0.4 is 9.64 Å². The van der Waals surface area contributed by atoms with Gasteiger partial charge in [0.15, 0.2) is 0 Å². The molecule has 6 rings (SSSR count). The van der Waals surface area contributed by atoms with Crippen molar-refractivity contribution < 1.29 is 20.1 Å². The number of nitrogens with zero attached hydrogens (tertiary/aromatic N) is 2. The van der Waals surface area contributed by atoms with E-state index in [1.54, 1.807) is 36.4 Å². The van der Waals surface area contributed by atoms with E-state index in [1.807, 2.05) is 48.5 Å². The fraction of sp³-hybridized carbons (Fsp3) is 0.222. The van der Waals surface area contributed by atoms with E-state index in [-0.39, 0.29) is 11.5 Å². The molecule has 1 saturated heterocycles. The van der Waals surface area contributed by atoms with Crippen molar-refractivity contribution >= 4 is 16.5 Å². The molecule has 0 amide bonds. The highest BCUT2D eigenvalue weighted by Gasteiger charge is 2.17. The second-order valence-electron chi connectivity index (χ2n) is 10.9. The van der Waals surface area contributed by atoms with E-state index >= 15 is 0 Å². The van der Waals surface area contributed by atoms with Gasteiger partial charge in [0.05, 0.1) is 6.61 Å². The monoisotopic (exact) mass is 560 g/mol. The van der Waals surface area contributed by atoms with Crippen molar-refractivity contribution in [1.82, 2.24) is 4.90 Å². The summed E-state index contributed by atoms with van der Waals surface area (Å²) in [5.74, 6) is 1.68. The average Bonchev–Trinajstić information content (AvgIpc) is 3.01. The maximum atomic E-state index is 10.0. The van der Waals surface area contributed by atoms with Gasteiger partial charge in [-0.15, -0.1) is 0 Å². The molecule has 1 aliphatic heterocycles. The van der Waals surface area contributed by atoms with Crippen LogP contribution in [0.5, 0.6) is 23.0 Å². The first kappa shape index (κ1) is 27.5. The Balaban J connectivity index is 1.05. The standard InChI is InChI=1S/C36H36N2O4/c39-30-9-4-27(5-10-30)34-16-6-28-25-32(41)13-17-35(28)36(34)24-26-2-14-33(15-3-26)42-23-1-18-37-19-21-38(22-20-37)29-7-11-31(40)12-8-29/h2-17,25,39-41H,1,18-24H2. The molecule has 3 N–H and O–H groups in total. The molecule has 6 nitrogen and oxygen atoms in total. The summed E-state index contributed by atoms with van der Waals surface area (Å²) in [4.78, 5) is 4.85. The summed E-state index contributed by atoms with van der Waals surface area (Å²) in [5.41, 5.74) is 5.67. The molecular formula is C36H36N2O4. The van der Waals surface area contributed by atoms with Gasteiger partial charge in [-0.3, -0.25) is 4.90 Å². The van der Waals surface area contributed by atoms with E-state index < -0.39 is 0 Å². The molecule has 5 aromatic rings. The highest BCUT2D eigenvalue weighted by molar-refractivity contribution is 5.93. The Labute approximate surface area is 246 Å². The predicted octanol–water partition coefficient (Wildman–Crippen LogP) is 6.81. The summed E-state index contributed by atoms with van der Waals surface area (Å²) in [6.07, 6.45) is 1.70. The first-order chi connectivity index (χ1) is 20.5. The number of phenolic OH excluding ortho intramolecular Hbond substituents is 3. The third kappa shape index (κ3) is 6.45. The highest BCUT2D eigenvalue weighted by Crippen LogP contribution is 2.34. The minimum Gasteiger partial charge on any atom is -0.508 e. The molecule has 0 atom stereocenters. The predicted molar refractivity (Wildman–Crippen MR) is 169 cm³/mol. The zero-order chi connectivity index (χ0) is 28.9. The van der Waals surface area contributed by atoms with Crippen LogP contribution in [0.25, 0.3) is 21.9 Å². The smallest absolute Gasteiger partial charge is 0.119 e. The molecule has 0 aromatic heterocycles. The number of hydrogen-bond acceptors (Lipinski definition) is 6. The molecule has 214 valence electrons. The second kappa shape index (κ2) is 12.5. The Bertz CT molecular complexity index is 1630. The van der Waals surface area contributed by atoms with Crippen LogP contribution in [0, 0.1) is 0 Å². The van der Waals surface area contributed by atoms with Gasteiger partial charge in [-0.25, -0.2) is 0 Å². The van der Waals surface area contributed by atoms with Gasteiger partial charge in [0.25, 0.3) is 0 Å². The fourth-order valence-corrected chi connectivity index (χ4v) is 5.76. The molecule has 6 heteroatoms. The van der Waals surface area contributed by atoms with Gasteiger partial charge in [-0.2, -0.15) is 0 Å². The maximum absolute atomic E-state index is 10.0. The topological polar surface area (TPSA) is 76.4 Å². The van der Waals surface area contributed by atoms with E-state index in [0.717, 1.165) is 78.9 Å². The SMILES string of the molecule is Oc1ccc(-c2ccc3cc(O)ccc3c2Cc2ccc(OCCCN3CCN(c4ccc(O)cc4)CC3)cc2)cc1. The quantitative estimate of drug-likeness (QED) is 0.172. The molecule has 42 heavy (non-hydrogen) atoms. The van der Waals surface area contributed by atoms with Crippen molar-refractivity contribution in [2.45, 2.75) is 12.8 Å². The van der Waals surface area contributed by atoms with Gasteiger partial charge < -0.3 is 25.0 Å². The molecule has 1 fully saturated rings. The van der Waals surface area contributed by atoms with Crippen LogP contribution in [-0.2, 0) is 6.42 Å². The first-order valence-electron chi connectivity index (χ1n) is 14.5. The largest absolute Gasteiger partial charge is 0.508 e. The van der Waals surface area contributed by atoms with E-state index in [0.29, 0.717) is 12.4 Å². The third-order valence-corrected chi connectivity index (χ3v) is 8.07. The fourth-order valence-electron chi connectivity index (χ4n) is 5.76. The highest BCUT2D eigenvalue weighted by atomic mass is 16.5. The van der Waals surface area contributed by atoms with Gasteiger partial charge >= 0.3 is 0 Å². The van der Waals surface area contributed by atoms with Crippen molar-refractivity contribution in [3.63, 3.8) is 0 Å². The van der Waals surface area contributed by atoms with Crippen LogP contribution >= 0.6 is 0 Å². The third-order valence-electron chi connectivity index (χ3n) is 8.07. The van der Waals surface area contributed by atoms with Gasteiger partial charge in [-0.05, 0) is 107 Å². The summed E-state index contributed by atoms with van der Waals surface area (Å²) in [5, 5.41) is 31.4. The Kier molecular flexibility index (Phi) is 8.15. The minimum absolute atomic E-state index is 0.245. The van der Waals surface area contributed by atoms with Crippen LogP contribution in [-0.4, -0.2) is 59.6 Å². The number of aromatic hydroxyl groups is 3. The van der Waals surface area contributed by atoms with Crippen molar-refractivity contribution in [3.05, 3.63) is 114 Å². The molecule has 0 saturated carbocycles. The molecule has 0 aliphatic carbocycles. The number of anilines is 1. The van der Waals surface area contributed by atoms with Crippen LogP contribution in [0.3, 0.4) is 0 Å². The van der Waals surface area contributed by atoms with E-state index in [9.17, 15) is 15.3 Å². The van der Waals surface area contributed by atoms with Gasteiger partial charge in [-0.1, -0.05) is 42.5 Å². The second-order valence-corrected chi connectivity index (χ2v) is 10.9. The lowest BCUT2D eigenvalue weighted by molar-refractivity contribution is 0.224. The normalized spacial score (nSPS) is 13.9. The summed E-state index contributed by atoms with van der Waals surface area (Å²) in [7, 11) is 0. The summed E-state index contributed by atoms with van der Waals surface area (Å²) < 4.78 is 6.08. The lowest BCUT2D eigenvalue weighted by Crippen LogP contribution is -2.46. The molecule has 1 heterocycles. The number of benzene rings is 5. The van der Waals surface area contributed by atoms with E-state index in [2.05, 4.69) is 28.0 Å². The van der Waals surface area contributed by atoms with E-state index in [1.165, 1.54) is 11.1 Å². The van der Waals surface area contributed by atoms with Crippen LogP contribution in [0.4, 0.5) is 5.69 Å². The summed E-state index contributed by atoms with van der Waals surface area (Å²) in [6.45, 7) is 5.71. The Morgan fingerprint density at radius 1 is 0.643 bits per heavy atom. The molecule has 5 aromatic carbocycles. The molecule has 0 radical (unpaired) electrons. The van der Waals surface area contributed by atoms with Crippen molar-refractivity contribution in [2.24, 2.45) is 0 Å². The average molecular weight is 561 g/mol. The number of hydrogen-bond donors (Lipinski definition) is 3. The van der Waals surface area contributed by atoms with Crippen molar-refractivity contribution in [1.29, 1.82) is 0 Å². The lowest BCUT2D eigenvalue weighted by Gasteiger charge is -2.36. The molecule has 0 bridgehead atoms. The Hall–Kier alpha value is -4.68. The summed E-state index contributed by atoms with van der Waals surface area (Å²) in [6, 6.07) is 32.7. The molecule has 0 unspecified atom stereocenters. The Morgan fingerprint density at radius 3 is 2.02 bits per heavy atom. The van der Waals surface area contributed by atoms with Crippen molar-refractivity contribution in [2.75, 3.05) is 44.2 Å². The number of piperazine rings is 1. The van der Waals surface area contributed by atoms with Crippen LogP contribution in [0.2, 0.25) is 0 Å². The van der Waals surface area contributed by atoms with Crippen molar-refractivity contribution in [3.8, 4) is 34.1 Å². The van der Waals surface area contributed by atoms with Gasteiger partial charge in [0.2, 0.25) is 0 Å². The molecule has 0 spiro atoms. The van der Waals surface area contributed by atoms with Crippen LogP contribution in [0.1, 0.15) is 17.5 Å². The first-order valence-corrected chi connectivity index (χ1v) is 14.5. The number of phenols is 3. The lowest BCUT2D eigenvalue weighted by atomic mass is 9.90.